The summed E-state index contributed by atoms with van der Waals surface area (Å²) in [5.74, 6) is 0.880. The van der Waals surface area contributed by atoms with Gasteiger partial charge in [-0.25, -0.2) is 19.6 Å². The standard InChI is InChI=1S/C21H22N6O4/c1-30-19(28)14-4-5-15-18(24-14)27(21(11-22)6-7-26(15)12-21)20(29)25-17-9-13-3-2-8-31-16(13)10-23-17/h4-5,9-11,22H,2-3,6-8,12H2,1H3,(H,23,25,29). The fourth-order valence-corrected chi connectivity index (χ4v) is 4.46. The van der Waals surface area contributed by atoms with Crippen molar-refractivity contribution in [2.45, 2.75) is 24.8 Å². The molecule has 3 aliphatic heterocycles. The monoisotopic (exact) mass is 422 g/mol. The summed E-state index contributed by atoms with van der Waals surface area (Å²) in [6, 6.07) is 4.71. The number of nitrogens with one attached hydrogen (secondary N) is 2. The van der Waals surface area contributed by atoms with Gasteiger partial charge in [0.25, 0.3) is 0 Å². The number of aryl methyl sites for hydroxylation is 1. The lowest BCUT2D eigenvalue weighted by molar-refractivity contribution is 0.0594. The lowest BCUT2D eigenvalue weighted by atomic mass is 9.96. The summed E-state index contributed by atoms with van der Waals surface area (Å²) in [6.45, 7) is 1.83. The molecule has 10 nitrogen and oxygen atoms in total. The maximum absolute atomic E-state index is 13.5. The fourth-order valence-electron chi connectivity index (χ4n) is 4.46. The Kier molecular flexibility index (Phi) is 4.49. The van der Waals surface area contributed by atoms with Crippen LogP contribution in [0.1, 0.15) is 28.9 Å². The van der Waals surface area contributed by atoms with E-state index in [-0.39, 0.29) is 5.69 Å². The van der Waals surface area contributed by atoms with E-state index < -0.39 is 17.5 Å². The molecule has 2 N–H and O–H groups in total. The van der Waals surface area contributed by atoms with Crippen LogP contribution in [0.4, 0.5) is 22.1 Å². The molecule has 5 rings (SSSR count). The molecule has 0 spiro atoms. The van der Waals surface area contributed by atoms with Crippen LogP contribution < -0.4 is 19.9 Å². The second-order valence-corrected chi connectivity index (χ2v) is 7.85. The number of rotatable bonds is 3. The van der Waals surface area contributed by atoms with Gasteiger partial charge in [-0.05, 0) is 43.0 Å². The third-order valence-corrected chi connectivity index (χ3v) is 6.03. The lowest BCUT2D eigenvalue weighted by Gasteiger charge is -2.42. The van der Waals surface area contributed by atoms with Crippen molar-refractivity contribution in [3.8, 4) is 5.75 Å². The molecular formula is C21H22N6O4. The van der Waals surface area contributed by atoms with Crippen LogP contribution in [-0.2, 0) is 11.2 Å². The zero-order valence-corrected chi connectivity index (χ0v) is 17.1. The predicted molar refractivity (Wildman–Crippen MR) is 113 cm³/mol. The molecule has 1 fully saturated rings. The van der Waals surface area contributed by atoms with Crippen LogP contribution in [0.15, 0.2) is 24.4 Å². The van der Waals surface area contributed by atoms with Crippen LogP contribution >= 0.6 is 0 Å². The highest BCUT2D eigenvalue weighted by atomic mass is 16.5. The number of hydrogen-bond donors (Lipinski definition) is 2. The van der Waals surface area contributed by atoms with Crippen LogP contribution in [0.25, 0.3) is 0 Å². The average molecular weight is 422 g/mol. The number of hydrogen-bond acceptors (Lipinski definition) is 8. The topological polar surface area (TPSA) is 121 Å². The molecule has 5 heterocycles. The summed E-state index contributed by atoms with van der Waals surface area (Å²) in [7, 11) is 1.28. The number of aromatic nitrogens is 2. The first kappa shape index (κ1) is 19.3. The maximum atomic E-state index is 13.5. The van der Waals surface area contributed by atoms with Gasteiger partial charge in [-0.2, -0.15) is 0 Å². The second-order valence-electron chi connectivity index (χ2n) is 7.85. The van der Waals surface area contributed by atoms with Crippen molar-refractivity contribution in [3.05, 3.63) is 35.7 Å². The van der Waals surface area contributed by atoms with Crippen LogP contribution in [0.2, 0.25) is 0 Å². The smallest absolute Gasteiger partial charge is 0.356 e. The summed E-state index contributed by atoms with van der Waals surface area (Å²) in [5.41, 5.74) is 0.988. The minimum absolute atomic E-state index is 0.103. The predicted octanol–water partition coefficient (Wildman–Crippen LogP) is 2.24. The number of carbonyl (C=O) groups excluding carboxylic acids is 2. The van der Waals surface area contributed by atoms with Crippen molar-refractivity contribution >= 4 is 35.5 Å². The summed E-state index contributed by atoms with van der Waals surface area (Å²) in [5, 5.41) is 10.9. The number of esters is 1. The number of fused-ring (bicyclic) bond motifs is 5. The molecule has 2 amide bonds. The quantitative estimate of drug-likeness (QED) is 0.575. The van der Waals surface area contributed by atoms with Gasteiger partial charge in [-0.1, -0.05) is 0 Å². The van der Waals surface area contributed by atoms with E-state index in [4.69, 9.17) is 14.9 Å². The minimum Gasteiger partial charge on any atom is -0.492 e. The van der Waals surface area contributed by atoms with E-state index in [0.29, 0.717) is 37.8 Å². The SMILES string of the molecule is COC(=O)c1ccc2c(n1)N(C(=O)Nc1cc3c(cn1)OCCC3)C1(C=N)CCN2C1. The molecule has 2 bridgehead atoms. The first-order valence-electron chi connectivity index (χ1n) is 10.1. The number of ether oxygens (including phenoxy) is 2. The molecule has 0 saturated carbocycles. The molecule has 1 unspecified atom stereocenters. The molecule has 1 atom stereocenters. The van der Waals surface area contributed by atoms with E-state index >= 15 is 0 Å². The molecule has 0 aliphatic carbocycles. The van der Waals surface area contributed by atoms with E-state index in [0.717, 1.165) is 29.8 Å². The molecule has 1 saturated heterocycles. The number of pyridine rings is 2. The Morgan fingerprint density at radius 1 is 1.39 bits per heavy atom. The highest BCUT2D eigenvalue weighted by Crippen LogP contribution is 2.44. The Labute approximate surface area is 178 Å². The maximum Gasteiger partial charge on any atom is 0.356 e. The van der Waals surface area contributed by atoms with E-state index in [2.05, 4.69) is 20.2 Å². The fraction of sp³-hybridized carbons (Fsp3) is 0.381. The lowest BCUT2D eigenvalue weighted by Crippen LogP contribution is -2.59. The average Bonchev–Trinajstić information content (AvgIpc) is 3.18. The highest BCUT2D eigenvalue weighted by Gasteiger charge is 2.51. The number of methoxy groups -OCH3 is 1. The van der Waals surface area contributed by atoms with Crippen molar-refractivity contribution in [2.75, 3.05) is 41.9 Å². The summed E-state index contributed by atoms with van der Waals surface area (Å²) in [6.07, 6.45) is 5.26. The molecule has 0 aromatic carbocycles. The third-order valence-electron chi connectivity index (χ3n) is 6.03. The molecule has 0 radical (unpaired) electrons. The minimum atomic E-state index is -0.851. The third kappa shape index (κ3) is 3.06. The molecule has 2 aromatic heterocycles. The van der Waals surface area contributed by atoms with Gasteiger partial charge in [0.05, 0.1) is 25.6 Å². The Morgan fingerprint density at radius 3 is 3.06 bits per heavy atom. The normalized spacial score (nSPS) is 20.9. The van der Waals surface area contributed by atoms with Crippen molar-refractivity contribution in [1.82, 2.24) is 9.97 Å². The molecule has 160 valence electrons. The van der Waals surface area contributed by atoms with E-state index in [1.54, 1.807) is 18.3 Å². The molecule has 3 aliphatic rings. The summed E-state index contributed by atoms with van der Waals surface area (Å²) < 4.78 is 10.4. The Bertz CT molecular complexity index is 1090. The van der Waals surface area contributed by atoms with Crippen molar-refractivity contribution < 1.29 is 19.1 Å². The van der Waals surface area contributed by atoms with Crippen LogP contribution in [0.5, 0.6) is 5.75 Å². The van der Waals surface area contributed by atoms with Crippen molar-refractivity contribution in [3.63, 3.8) is 0 Å². The Morgan fingerprint density at radius 2 is 2.26 bits per heavy atom. The zero-order valence-electron chi connectivity index (χ0n) is 17.1. The van der Waals surface area contributed by atoms with Gasteiger partial charge in [0.15, 0.2) is 11.5 Å². The summed E-state index contributed by atoms with van der Waals surface area (Å²) in [4.78, 5) is 37.8. The molecule has 10 heteroatoms. The number of urea groups is 1. The summed E-state index contributed by atoms with van der Waals surface area (Å²) >= 11 is 0. The molecule has 31 heavy (non-hydrogen) atoms. The highest BCUT2D eigenvalue weighted by molar-refractivity contribution is 6.09. The zero-order chi connectivity index (χ0) is 21.6. The number of carbonyl (C=O) groups is 2. The number of anilines is 3. The molecular weight excluding hydrogens is 400 g/mol. The van der Waals surface area contributed by atoms with Crippen molar-refractivity contribution in [2.24, 2.45) is 0 Å². The Balaban J connectivity index is 1.53. The number of amides is 2. The van der Waals surface area contributed by atoms with Gasteiger partial charge < -0.3 is 19.8 Å². The van der Waals surface area contributed by atoms with Gasteiger partial charge in [0, 0.05) is 19.3 Å². The van der Waals surface area contributed by atoms with Gasteiger partial charge in [0.2, 0.25) is 0 Å². The van der Waals surface area contributed by atoms with Crippen molar-refractivity contribution in [1.29, 1.82) is 5.41 Å². The largest absolute Gasteiger partial charge is 0.492 e. The second kappa shape index (κ2) is 7.22. The van der Waals surface area contributed by atoms with Gasteiger partial charge in [-0.3, -0.25) is 10.2 Å². The first-order valence-corrected chi connectivity index (χ1v) is 10.1. The van der Waals surface area contributed by atoms with Gasteiger partial charge >= 0.3 is 12.0 Å². The van der Waals surface area contributed by atoms with E-state index in [9.17, 15) is 9.59 Å². The van der Waals surface area contributed by atoms with Crippen LogP contribution in [0.3, 0.4) is 0 Å². The van der Waals surface area contributed by atoms with Gasteiger partial charge in [-0.15, -0.1) is 0 Å². The van der Waals surface area contributed by atoms with E-state index in [1.807, 2.05) is 6.07 Å². The Hall–Kier alpha value is -3.69. The number of nitrogens with zero attached hydrogens (tertiary/aromatic N) is 4. The van der Waals surface area contributed by atoms with E-state index in [1.165, 1.54) is 18.2 Å². The van der Waals surface area contributed by atoms with Crippen LogP contribution in [0, 0.1) is 5.41 Å². The van der Waals surface area contributed by atoms with Crippen LogP contribution in [-0.4, -0.2) is 60.5 Å². The first-order chi connectivity index (χ1) is 15.0. The van der Waals surface area contributed by atoms with Gasteiger partial charge in [0.1, 0.15) is 17.1 Å². The molecule has 2 aromatic rings.